The minimum absolute atomic E-state index is 0.0590. The molecule has 2 aromatic rings. The molecule has 3 rings (SSSR count). The quantitative estimate of drug-likeness (QED) is 0.793. The van der Waals surface area contributed by atoms with Crippen LogP contribution in [0, 0.1) is 5.82 Å². The number of halogens is 3. The lowest BCUT2D eigenvalue weighted by Crippen LogP contribution is -2.47. The molecule has 2 heterocycles. The Kier molecular flexibility index (Phi) is 4.12. The third-order valence-corrected chi connectivity index (χ3v) is 3.87. The number of piperazine rings is 1. The van der Waals surface area contributed by atoms with Crippen molar-refractivity contribution >= 4 is 34.7 Å². The fourth-order valence-corrected chi connectivity index (χ4v) is 2.72. The summed E-state index contributed by atoms with van der Waals surface area (Å²) in [6, 6.07) is 7.72. The molecule has 0 saturated carbocycles. The van der Waals surface area contributed by atoms with E-state index in [1.807, 2.05) is 29.2 Å². The van der Waals surface area contributed by atoms with Crippen LogP contribution in [0.15, 0.2) is 30.5 Å². The van der Waals surface area contributed by atoms with Crippen molar-refractivity contribution in [2.24, 2.45) is 0 Å². The van der Waals surface area contributed by atoms with E-state index in [2.05, 4.69) is 14.9 Å². The highest BCUT2D eigenvalue weighted by Gasteiger charge is 2.21. The molecule has 1 saturated heterocycles. The second-order valence-electron chi connectivity index (χ2n) is 4.76. The summed E-state index contributed by atoms with van der Waals surface area (Å²) in [4.78, 5) is 11.7. The molecule has 0 radical (unpaired) electrons. The molecule has 0 bridgehead atoms. The van der Waals surface area contributed by atoms with E-state index in [1.54, 1.807) is 0 Å². The molecule has 1 aliphatic heterocycles. The Balaban J connectivity index is 1.72. The van der Waals surface area contributed by atoms with Crippen LogP contribution in [0.25, 0.3) is 0 Å². The van der Waals surface area contributed by atoms with Crippen LogP contribution in [0.3, 0.4) is 0 Å². The Morgan fingerprint density at radius 2 is 1.76 bits per heavy atom. The predicted molar refractivity (Wildman–Crippen MR) is 82.9 cm³/mol. The molecule has 1 fully saturated rings. The molecule has 0 N–H and O–H groups in total. The predicted octanol–water partition coefficient (Wildman–Crippen LogP) is 3.25. The Hall–Kier alpha value is -1.59. The largest absolute Gasteiger partial charge is 0.368 e. The third-order valence-electron chi connectivity index (χ3n) is 3.45. The number of benzene rings is 1. The molecule has 4 nitrogen and oxygen atoms in total. The summed E-state index contributed by atoms with van der Waals surface area (Å²) in [5.74, 6) is -0.184. The van der Waals surface area contributed by atoms with Gasteiger partial charge in [-0.1, -0.05) is 17.7 Å². The van der Waals surface area contributed by atoms with E-state index >= 15 is 0 Å². The van der Waals surface area contributed by atoms with Gasteiger partial charge in [-0.3, -0.25) is 0 Å². The summed E-state index contributed by atoms with van der Waals surface area (Å²) in [5, 5.41) is 0.771. The standard InChI is InChI=1S/C14H13Cl2FN4/c15-10-2-1-3-11(8-10)20-4-6-21(7-5-20)13-12(17)9-18-14(16)19-13/h1-3,8-9H,4-7H2. The first-order chi connectivity index (χ1) is 10.1. The van der Waals surface area contributed by atoms with Crippen LogP contribution in [0.4, 0.5) is 15.9 Å². The first kappa shape index (κ1) is 14.4. The van der Waals surface area contributed by atoms with Crippen molar-refractivity contribution in [2.45, 2.75) is 0 Å². The van der Waals surface area contributed by atoms with E-state index in [1.165, 1.54) is 0 Å². The summed E-state index contributed by atoms with van der Waals surface area (Å²) in [5.41, 5.74) is 1.07. The topological polar surface area (TPSA) is 32.3 Å². The Bertz CT molecular complexity index is 645. The van der Waals surface area contributed by atoms with Gasteiger partial charge in [0.15, 0.2) is 11.6 Å². The van der Waals surface area contributed by atoms with Crippen molar-refractivity contribution in [3.8, 4) is 0 Å². The molecule has 0 atom stereocenters. The number of aromatic nitrogens is 2. The lowest BCUT2D eigenvalue weighted by molar-refractivity contribution is 0.583. The summed E-state index contributed by atoms with van der Waals surface area (Å²) in [6.45, 7) is 2.86. The van der Waals surface area contributed by atoms with Gasteiger partial charge >= 0.3 is 0 Å². The van der Waals surface area contributed by atoms with Crippen LogP contribution < -0.4 is 9.80 Å². The molecular weight excluding hydrogens is 314 g/mol. The van der Waals surface area contributed by atoms with Gasteiger partial charge < -0.3 is 9.80 Å². The maximum atomic E-state index is 13.8. The maximum Gasteiger partial charge on any atom is 0.224 e. The van der Waals surface area contributed by atoms with E-state index in [-0.39, 0.29) is 11.1 Å². The van der Waals surface area contributed by atoms with Crippen LogP contribution in [0.5, 0.6) is 0 Å². The summed E-state index contributed by atoms with van der Waals surface area (Å²) >= 11 is 11.7. The highest BCUT2D eigenvalue weighted by molar-refractivity contribution is 6.30. The number of anilines is 2. The second kappa shape index (κ2) is 6.03. The normalized spacial score (nSPS) is 15.4. The van der Waals surface area contributed by atoms with E-state index in [4.69, 9.17) is 23.2 Å². The lowest BCUT2D eigenvalue weighted by Gasteiger charge is -2.36. The molecule has 21 heavy (non-hydrogen) atoms. The van der Waals surface area contributed by atoms with E-state index in [0.29, 0.717) is 18.1 Å². The van der Waals surface area contributed by atoms with Crippen molar-refractivity contribution in [1.82, 2.24) is 9.97 Å². The average molecular weight is 327 g/mol. The molecule has 7 heteroatoms. The van der Waals surface area contributed by atoms with E-state index in [9.17, 15) is 4.39 Å². The summed E-state index contributed by atoms with van der Waals surface area (Å²) < 4.78 is 13.8. The second-order valence-corrected chi connectivity index (χ2v) is 5.54. The number of hydrogen-bond acceptors (Lipinski definition) is 4. The van der Waals surface area contributed by atoms with Gasteiger partial charge in [-0.15, -0.1) is 0 Å². The molecule has 110 valence electrons. The lowest BCUT2D eigenvalue weighted by atomic mass is 10.2. The van der Waals surface area contributed by atoms with Crippen LogP contribution in [0.2, 0.25) is 10.3 Å². The minimum atomic E-state index is -0.449. The van der Waals surface area contributed by atoms with Gasteiger partial charge in [0.1, 0.15) is 0 Å². The van der Waals surface area contributed by atoms with Crippen molar-refractivity contribution in [2.75, 3.05) is 36.0 Å². The van der Waals surface area contributed by atoms with Gasteiger partial charge in [-0.05, 0) is 29.8 Å². The first-order valence-electron chi connectivity index (χ1n) is 6.57. The highest BCUT2D eigenvalue weighted by atomic mass is 35.5. The highest BCUT2D eigenvalue weighted by Crippen LogP contribution is 2.23. The SMILES string of the molecule is Fc1cnc(Cl)nc1N1CCN(c2cccc(Cl)c2)CC1. The van der Waals surface area contributed by atoms with Crippen LogP contribution in [-0.2, 0) is 0 Å². The summed E-state index contributed by atoms with van der Waals surface area (Å²) in [7, 11) is 0. The van der Waals surface area contributed by atoms with Crippen molar-refractivity contribution in [1.29, 1.82) is 0 Å². The van der Waals surface area contributed by atoms with Crippen molar-refractivity contribution < 1.29 is 4.39 Å². The third kappa shape index (κ3) is 3.19. The van der Waals surface area contributed by atoms with E-state index in [0.717, 1.165) is 25.0 Å². The maximum absolute atomic E-state index is 13.8. The monoisotopic (exact) mass is 326 g/mol. The molecule has 0 unspecified atom stereocenters. The van der Waals surface area contributed by atoms with Gasteiger partial charge in [-0.25, -0.2) is 9.37 Å². The van der Waals surface area contributed by atoms with Crippen molar-refractivity contribution in [3.05, 3.63) is 46.6 Å². The van der Waals surface area contributed by atoms with Gasteiger partial charge in [0, 0.05) is 36.9 Å². The van der Waals surface area contributed by atoms with Crippen LogP contribution in [0.1, 0.15) is 0 Å². The molecule has 1 aromatic heterocycles. The molecule has 0 spiro atoms. The van der Waals surface area contributed by atoms with Gasteiger partial charge in [0.05, 0.1) is 6.20 Å². The van der Waals surface area contributed by atoms with Gasteiger partial charge in [0.25, 0.3) is 0 Å². The number of rotatable bonds is 2. The van der Waals surface area contributed by atoms with Crippen LogP contribution in [-0.4, -0.2) is 36.1 Å². The zero-order valence-corrected chi connectivity index (χ0v) is 12.6. The van der Waals surface area contributed by atoms with Crippen molar-refractivity contribution in [3.63, 3.8) is 0 Å². The van der Waals surface area contributed by atoms with Gasteiger partial charge in [0.2, 0.25) is 5.28 Å². The molecule has 1 aromatic carbocycles. The number of nitrogens with zero attached hydrogens (tertiary/aromatic N) is 4. The molecular formula is C14H13Cl2FN4. The molecule has 0 aliphatic carbocycles. The van der Waals surface area contributed by atoms with Crippen LogP contribution >= 0.6 is 23.2 Å². The Labute approximate surface area is 132 Å². The zero-order valence-electron chi connectivity index (χ0n) is 11.1. The fraction of sp³-hybridized carbons (Fsp3) is 0.286. The zero-order chi connectivity index (χ0) is 14.8. The minimum Gasteiger partial charge on any atom is -0.368 e. The van der Waals surface area contributed by atoms with Gasteiger partial charge in [-0.2, -0.15) is 4.98 Å². The Morgan fingerprint density at radius 1 is 1.05 bits per heavy atom. The number of hydrogen-bond donors (Lipinski definition) is 0. The summed E-state index contributed by atoms with van der Waals surface area (Å²) in [6.07, 6.45) is 1.11. The molecule has 0 amide bonds. The average Bonchev–Trinajstić information content (AvgIpc) is 2.50. The first-order valence-corrected chi connectivity index (χ1v) is 7.32. The van der Waals surface area contributed by atoms with E-state index < -0.39 is 5.82 Å². The smallest absolute Gasteiger partial charge is 0.224 e. The molecule has 1 aliphatic rings. The Morgan fingerprint density at radius 3 is 2.48 bits per heavy atom. The fourth-order valence-electron chi connectivity index (χ4n) is 2.41.